The van der Waals surface area contributed by atoms with E-state index in [9.17, 15) is 4.79 Å². The fourth-order valence-corrected chi connectivity index (χ4v) is 3.18. The van der Waals surface area contributed by atoms with Gasteiger partial charge in [-0.05, 0) is 43.8 Å². The summed E-state index contributed by atoms with van der Waals surface area (Å²) in [7, 11) is 1.93. The molecular weight excluding hydrogens is 258 g/mol. The average molecular weight is 279 g/mol. The third-order valence-corrected chi connectivity index (χ3v) is 4.53. The predicted molar refractivity (Wildman–Crippen MR) is 81.8 cm³/mol. The smallest absolute Gasteiger partial charge is 0.319 e. The molecule has 19 heavy (non-hydrogen) atoms. The number of carbonyl (C=O) groups is 1. The maximum Gasteiger partial charge on any atom is 0.319 e. The van der Waals surface area contributed by atoms with Crippen molar-refractivity contribution in [3.63, 3.8) is 0 Å². The van der Waals surface area contributed by atoms with Gasteiger partial charge < -0.3 is 16.0 Å². The largest absolute Gasteiger partial charge is 0.334 e. The molecule has 3 N–H and O–H groups in total. The van der Waals surface area contributed by atoms with Crippen LogP contribution in [0, 0.1) is 0 Å². The minimum atomic E-state index is -0.109. The monoisotopic (exact) mass is 279 g/mol. The molecule has 0 aromatic heterocycles. The second kappa shape index (κ2) is 6.82. The molecule has 0 spiro atoms. The average Bonchev–Trinajstić information content (AvgIpc) is 2.91. The molecule has 104 valence electrons. The van der Waals surface area contributed by atoms with Crippen molar-refractivity contribution >= 4 is 23.5 Å². The molecule has 1 heterocycles. The second-order valence-corrected chi connectivity index (χ2v) is 5.94. The molecular formula is C14H21N3OS. The molecule has 1 saturated heterocycles. The lowest BCUT2D eigenvalue weighted by Crippen LogP contribution is -2.37. The number of hydrogen-bond acceptors (Lipinski definition) is 3. The highest BCUT2D eigenvalue weighted by atomic mass is 32.2. The third-order valence-electron chi connectivity index (χ3n) is 3.37. The molecule has 2 atom stereocenters. The van der Waals surface area contributed by atoms with Crippen molar-refractivity contribution in [2.75, 3.05) is 23.9 Å². The summed E-state index contributed by atoms with van der Waals surface area (Å²) in [6, 6.07) is 8.46. The van der Waals surface area contributed by atoms with Crippen LogP contribution in [0.15, 0.2) is 24.3 Å². The van der Waals surface area contributed by atoms with Gasteiger partial charge >= 0.3 is 6.03 Å². The second-order valence-electron chi connectivity index (χ2n) is 4.79. The third kappa shape index (κ3) is 4.14. The molecule has 4 nitrogen and oxygen atoms in total. The molecule has 0 bridgehead atoms. The van der Waals surface area contributed by atoms with Crippen LogP contribution >= 0.6 is 11.8 Å². The van der Waals surface area contributed by atoms with Crippen molar-refractivity contribution in [2.45, 2.75) is 25.4 Å². The Labute approximate surface area is 118 Å². The van der Waals surface area contributed by atoms with Crippen LogP contribution in [0.1, 0.15) is 24.9 Å². The van der Waals surface area contributed by atoms with Crippen LogP contribution in [0.4, 0.5) is 10.5 Å². The van der Waals surface area contributed by atoms with E-state index in [4.69, 9.17) is 0 Å². The van der Waals surface area contributed by atoms with Crippen LogP contribution in [0.3, 0.4) is 0 Å². The number of urea groups is 1. The lowest BCUT2D eigenvalue weighted by atomic mass is 10.1. The van der Waals surface area contributed by atoms with Gasteiger partial charge in [0.25, 0.3) is 0 Å². The Balaban J connectivity index is 1.86. The first-order chi connectivity index (χ1) is 9.19. The zero-order chi connectivity index (χ0) is 13.7. The minimum Gasteiger partial charge on any atom is -0.334 e. The number of benzene rings is 1. The highest BCUT2D eigenvalue weighted by molar-refractivity contribution is 7.99. The van der Waals surface area contributed by atoms with Gasteiger partial charge in [0.05, 0.1) is 0 Å². The lowest BCUT2D eigenvalue weighted by Gasteiger charge is -2.14. The normalized spacial score (nSPS) is 20.0. The Morgan fingerprint density at radius 1 is 1.37 bits per heavy atom. The van der Waals surface area contributed by atoms with E-state index < -0.39 is 0 Å². The molecule has 0 saturated carbocycles. The van der Waals surface area contributed by atoms with Gasteiger partial charge in [-0.3, -0.25) is 0 Å². The molecule has 1 aromatic carbocycles. The van der Waals surface area contributed by atoms with Gasteiger partial charge in [0, 0.05) is 23.5 Å². The van der Waals surface area contributed by atoms with E-state index in [1.54, 1.807) is 0 Å². The van der Waals surface area contributed by atoms with Gasteiger partial charge in [-0.15, -0.1) is 0 Å². The number of carbonyl (C=O) groups excluding carboxylic acids is 1. The molecule has 0 aliphatic carbocycles. The molecule has 1 aromatic rings. The van der Waals surface area contributed by atoms with E-state index in [-0.39, 0.29) is 6.03 Å². The van der Waals surface area contributed by atoms with Gasteiger partial charge in [-0.25, -0.2) is 4.79 Å². The van der Waals surface area contributed by atoms with Crippen molar-refractivity contribution < 1.29 is 4.79 Å². The van der Waals surface area contributed by atoms with Crippen molar-refractivity contribution in [2.24, 2.45) is 0 Å². The first kappa shape index (κ1) is 14.2. The van der Waals surface area contributed by atoms with E-state index in [1.807, 2.05) is 43.1 Å². The number of rotatable bonds is 4. The van der Waals surface area contributed by atoms with Gasteiger partial charge in [-0.2, -0.15) is 11.8 Å². The highest BCUT2D eigenvalue weighted by Crippen LogP contribution is 2.18. The number of nitrogens with one attached hydrogen (secondary N) is 3. The Hall–Kier alpha value is -1.20. The van der Waals surface area contributed by atoms with Gasteiger partial charge in [-0.1, -0.05) is 12.1 Å². The molecule has 2 rings (SSSR count). The van der Waals surface area contributed by atoms with Crippen molar-refractivity contribution in [1.29, 1.82) is 0 Å². The zero-order valence-corrected chi connectivity index (χ0v) is 12.2. The molecule has 1 aliphatic heterocycles. The van der Waals surface area contributed by atoms with Gasteiger partial charge in [0.2, 0.25) is 0 Å². The fourth-order valence-electron chi connectivity index (χ4n) is 2.02. The van der Waals surface area contributed by atoms with Crippen molar-refractivity contribution in [3.8, 4) is 0 Å². The SMILES string of the molecule is CNC(C)c1ccc(NC(=O)NC2CCSC2)cc1. The maximum atomic E-state index is 11.8. The Morgan fingerprint density at radius 3 is 2.68 bits per heavy atom. The lowest BCUT2D eigenvalue weighted by molar-refractivity contribution is 0.249. The highest BCUT2D eigenvalue weighted by Gasteiger charge is 2.17. The van der Waals surface area contributed by atoms with E-state index in [1.165, 1.54) is 5.56 Å². The van der Waals surface area contributed by atoms with Crippen LogP contribution in [-0.4, -0.2) is 30.6 Å². The Morgan fingerprint density at radius 2 is 2.11 bits per heavy atom. The van der Waals surface area contributed by atoms with Gasteiger partial charge in [0.1, 0.15) is 0 Å². The van der Waals surface area contributed by atoms with Crippen molar-refractivity contribution in [1.82, 2.24) is 10.6 Å². The fraction of sp³-hybridized carbons (Fsp3) is 0.500. The van der Waals surface area contributed by atoms with Crippen LogP contribution in [0.5, 0.6) is 0 Å². The van der Waals surface area contributed by atoms with E-state index >= 15 is 0 Å². The molecule has 1 aliphatic rings. The first-order valence-corrected chi connectivity index (χ1v) is 7.77. The van der Waals surface area contributed by atoms with Gasteiger partial charge in [0.15, 0.2) is 0 Å². The predicted octanol–water partition coefficient (Wildman–Crippen LogP) is 2.59. The van der Waals surface area contributed by atoms with E-state index in [0.717, 1.165) is 23.6 Å². The summed E-state index contributed by atoms with van der Waals surface area (Å²) in [6.45, 7) is 2.10. The Kier molecular flexibility index (Phi) is 5.10. The summed E-state index contributed by atoms with van der Waals surface area (Å²) < 4.78 is 0. The Bertz CT molecular complexity index is 415. The molecule has 0 radical (unpaired) electrons. The number of amides is 2. The minimum absolute atomic E-state index is 0.109. The number of anilines is 1. The summed E-state index contributed by atoms with van der Waals surface area (Å²) in [5.74, 6) is 2.16. The summed E-state index contributed by atoms with van der Waals surface area (Å²) >= 11 is 1.89. The van der Waals surface area contributed by atoms with Crippen LogP contribution in [-0.2, 0) is 0 Å². The zero-order valence-electron chi connectivity index (χ0n) is 11.4. The molecule has 2 unspecified atom stereocenters. The topological polar surface area (TPSA) is 53.2 Å². The van der Waals surface area contributed by atoms with E-state index in [2.05, 4.69) is 22.9 Å². The quantitative estimate of drug-likeness (QED) is 0.794. The van der Waals surface area contributed by atoms with Crippen molar-refractivity contribution in [3.05, 3.63) is 29.8 Å². The maximum absolute atomic E-state index is 11.8. The number of hydrogen-bond donors (Lipinski definition) is 3. The standard InChI is InChI=1S/C14H21N3OS/c1-10(15-2)11-3-5-12(6-4-11)16-14(18)17-13-7-8-19-9-13/h3-6,10,13,15H,7-9H2,1-2H3,(H2,16,17,18). The van der Waals surface area contributed by atoms with Crippen LogP contribution in [0.25, 0.3) is 0 Å². The molecule has 5 heteroatoms. The van der Waals surface area contributed by atoms with Crippen LogP contribution < -0.4 is 16.0 Å². The summed E-state index contributed by atoms with van der Waals surface area (Å²) in [6.07, 6.45) is 1.07. The molecule has 1 fully saturated rings. The summed E-state index contributed by atoms with van der Waals surface area (Å²) in [5, 5.41) is 9.05. The van der Waals surface area contributed by atoms with Crippen LogP contribution in [0.2, 0.25) is 0 Å². The first-order valence-electron chi connectivity index (χ1n) is 6.61. The number of thioether (sulfide) groups is 1. The summed E-state index contributed by atoms with van der Waals surface area (Å²) in [4.78, 5) is 11.8. The summed E-state index contributed by atoms with van der Waals surface area (Å²) in [5.41, 5.74) is 2.04. The van der Waals surface area contributed by atoms with E-state index in [0.29, 0.717) is 12.1 Å². The molecule has 2 amide bonds.